The van der Waals surface area contributed by atoms with Crippen molar-refractivity contribution < 1.29 is 13.7 Å². The normalized spacial score (nSPS) is 16.0. The molecular weight excluding hydrogens is 451 g/mol. The highest BCUT2D eigenvalue weighted by atomic mass is 32.2. The van der Waals surface area contributed by atoms with Crippen LogP contribution in [0.1, 0.15) is 24.4 Å². The van der Waals surface area contributed by atoms with Gasteiger partial charge < -0.3 is 9.84 Å². The number of hydrogen-bond acceptors (Lipinski definition) is 5. The van der Waals surface area contributed by atoms with Crippen LogP contribution in [0.25, 0.3) is 17.0 Å². The fraction of sp³-hybridized carbons (Fsp3) is 0.115. The first kappa shape index (κ1) is 21.9. The van der Waals surface area contributed by atoms with Gasteiger partial charge in [-0.1, -0.05) is 53.7 Å². The fourth-order valence-corrected chi connectivity index (χ4v) is 4.48. The van der Waals surface area contributed by atoms with Gasteiger partial charge in [0.2, 0.25) is 5.82 Å². The number of nitrogens with zero attached hydrogens (tertiary/aromatic N) is 3. The number of carbonyl (C=O) groups excluding carboxylic acids is 1. The predicted octanol–water partition coefficient (Wildman–Crippen LogP) is 6.30. The number of halogens is 1. The minimum atomic E-state index is -0.586. The number of aromatic nitrogens is 2. The van der Waals surface area contributed by atoms with Crippen molar-refractivity contribution in [1.82, 2.24) is 15.5 Å². The van der Waals surface area contributed by atoms with Crippen LogP contribution in [0.15, 0.2) is 94.0 Å². The van der Waals surface area contributed by atoms with E-state index in [0.717, 1.165) is 16.1 Å². The summed E-state index contributed by atoms with van der Waals surface area (Å²) in [4.78, 5) is 20.6. The second-order valence-corrected chi connectivity index (χ2v) is 8.64. The average molecular weight is 473 g/mol. The molecule has 4 aromatic rings. The van der Waals surface area contributed by atoms with Gasteiger partial charge in [0.1, 0.15) is 5.82 Å². The van der Waals surface area contributed by atoms with Crippen molar-refractivity contribution in [1.29, 1.82) is 0 Å². The Kier molecular flexibility index (Phi) is 5.90. The molecule has 0 saturated heterocycles. The third kappa shape index (κ3) is 4.08. The number of allylic oxidation sites excluding steroid dienone is 1. The van der Waals surface area contributed by atoms with Gasteiger partial charge in [-0.3, -0.25) is 4.90 Å². The van der Waals surface area contributed by atoms with E-state index in [1.54, 1.807) is 28.8 Å². The van der Waals surface area contributed by atoms with Gasteiger partial charge in [-0.2, -0.15) is 4.98 Å². The molecule has 0 radical (unpaired) electrons. The first-order valence-corrected chi connectivity index (χ1v) is 11.9. The number of thioether (sulfide) groups is 1. The van der Waals surface area contributed by atoms with Gasteiger partial charge in [0.05, 0.1) is 17.3 Å². The lowest BCUT2D eigenvalue weighted by Gasteiger charge is -2.35. The molecule has 5 rings (SSSR count). The zero-order valence-corrected chi connectivity index (χ0v) is 19.3. The molecule has 0 saturated carbocycles. The molecule has 0 aliphatic carbocycles. The lowest BCUT2D eigenvalue weighted by Crippen LogP contribution is -2.46. The molecule has 1 atom stereocenters. The molecule has 2 heterocycles. The van der Waals surface area contributed by atoms with Crippen molar-refractivity contribution in [3.63, 3.8) is 0 Å². The lowest BCUT2D eigenvalue weighted by atomic mass is 9.94. The Bertz CT molecular complexity index is 1370. The summed E-state index contributed by atoms with van der Waals surface area (Å²) >= 11 is 1.60. The molecule has 0 fully saturated rings. The van der Waals surface area contributed by atoms with Crippen LogP contribution < -0.4 is 10.2 Å². The summed E-state index contributed by atoms with van der Waals surface area (Å²) in [5, 5.41) is 7.21. The van der Waals surface area contributed by atoms with E-state index < -0.39 is 6.04 Å². The van der Waals surface area contributed by atoms with E-state index in [4.69, 9.17) is 4.52 Å². The van der Waals surface area contributed by atoms with E-state index in [1.807, 2.05) is 67.8 Å². The predicted molar refractivity (Wildman–Crippen MR) is 131 cm³/mol. The van der Waals surface area contributed by atoms with Gasteiger partial charge in [0.15, 0.2) is 0 Å². The molecule has 1 aromatic heterocycles. The maximum atomic E-state index is 13.6. The highest BCUT2D eigenvalue weighted by Gasteiger charge is 2.36. The molecular formula is C26H21FN4O2S. The fourth-order valence-electron chi connectivity index (χ4n) is 4.02. The van der Waals surface area contributed by atoms with E-state index in [0.29, 0.717) is 22.7 Å². The zero-order chi connectivity index (χ0) is 23.7. The highest BCUT2D eigenvalue weighted by molar-refractivity contribution is 7.98. The number of rotatable bonds is 5. The van der Waals surface area contributed by atoms with Crippen LogP contribution >= 0.6 is 11.8 Å². The van der Waals surface area contributed by atoms with Gasteiger partial charge in [0.25, 0.3) is 5.89 Å². The molecule has 170 valence electrons. The van der Waals surface area contributed by atoms with E-state index in [-0.39, 0.29) is 17.7 Å². The first-order valence-electron chi connectivity index (χ1n) is 10.7. The summed E-state index contributed by atoms with van der Waals surface area (Å²) in [7, 11) is 0. The maximum Gasteiger partial charge on any atom is 0.326 e. The minimum Gasteiger partial charge on any atom is -0.334 e. The van der Waals surface area contributed by atoms with Gasteiger partial charge in [0, 0.05) is 16.2 Å². The smallest absolute Gasteiger partial charge is 0.326 e. The van der Waals surface area contributed by atoms with Crippen LogP contribution in [-0.4, -0.2) is 22.4 Å². The average Bonchev–Trinajstić information content (AvgIpc) is 3.35. The van der Waals surface area contributed by atoms with E-state index in [1.165, 1.54) is 12.1 Å². The van der Waals surface area contributed by atoms with Crippen LogP contribution in [0.3, 0.4) is 0 Å². The molecule has 6 nitrogen and oxygen atoms in total. The molecule has 2 amide bonds. The highest BCUT2D eigenvalue weighted by Crippen LogP contribution is 2.39. The number of carbonyl (C=O) groups is 1. The molecule has 1 unspecified atom stereocenters. The summed E-state index contributed by atoms with van der Waals surface area (Å²) < 4.78 is 19.3. The Morgan fingerprint density at radius 3 is 2.53 bits per heavy atom. The Labute approximate surface area is 200 Å². The largest absolute Gasteiger partial charge is 0.334 e. The molecule has 1 N–H and O–H groups in total. The topological polar surface area (TPSA) is 71.3 Å². The minimum absolute atomic E-state index is 0.289. The van der Waals surface area contributed by atoms with Gasteiger partial charge in [-0.15, -0.1) is 11.8 Å². The summed E-state index contributed by atoms with van der Waals surface area (Å²) in [6.45, 7) is 1.85. The quantitative estimate of drug-likeness (QED) is 0.345. The number of nitrogens with one attached hydrogen (secondary N) is 1. The molecule has 1 aliphatic heterocycles. The summed E-state index contributed by atoms with van der Waals surface area (Å²) in [6, 6.07) is 22.4. The van der Waals surface area contributed by atoms with Crippen molar-refractivity contribution >= 4 is 29.1 Å². The van der Waals surface area contributed by atoms with Gasteiger partial charge in [-0.05, 0) is 49.1 Å². The Morgan fingerprint density at radius 2 is 1.79 bits per heavy atom. The van der Waals surface area contributed by atoms with Crippen molar-refractivity contribution in [2.24, 2.45) is 0 Å². The SMILES string of the molecule is CSc1cccc(N2C(=O)NC(c3ccc(F)cc3)C(c3nc(-c4ccccc4)no3)=C2C)c1. The molecule has 34 heavy (non-hydrogen) atoms. The van der Waals surface area contributed by atoms with Crippen LogP contribution in [0.4, 0.5) is 14.9 Å². The summed E-state index contributed by atoms with van der Waals surface area (Å²) in [6.07, 6.45) is 1.98. The van der Waals surface area contributed by atoms with Gasteiger partial charge in [-0.25, -0.2) is 9.18 Å². The number of amides is 2. The van der Waals surface area contributed by atoms with Crippen molar-refractivity contribution in [3.05, 3.63) is 102 Å². The van der Waals surface area contributed by atoms with Crippen LogP contribution in [0.2, 0.25) is 0 Å². The van der Waals surface area contributed by atoms with E-state index in [9.17, 15) is 9.18 Å². The third-order valence-corrected chi connectivity index (χ3v) is 6.41. The zero-order valence-electron chi connectivity index (χ0n) is 18.5. The third-order valence-electron chi connectivity index (χ3n) is 5.69. The van der Waals surface area contributed by atoms with Crippen molar-refractivity contribution in [3.8, 4) is 11.4 Å². The number of benzene rings is 3. The molecule has 8 heteroatoms. The number of anilines is 1. The lowest BCUT2D eigenvalue weighted by molar-refractivity contribution is 0.244. The summed E-state index contributed by atoms with van der Waals surface area (Å²) in [5.74, 6) is 0.381. The van der Waals surface area contributed by atoms with E-state index >= 15 is 0 Å². The first-order chi connectivity index (χ1) is 16.5. The summed E-state index contributed by atoms with van der Waals surface area (Å²) in [5.41, 5.74) is 3.55. The van der Waals surface area contributed by atoms with Gasteiger partial charge >= 0.3 is 6.03 Å². The number of urea groups is 1. The van der Waals surface area contributed by atoms with Crippen molar-refractivity contribution in [2.75, 3.05) is 11.2 Å². The number of hydrogen-bond donors (Lipinski definition) is 1. The molecule has 0 bridgehead atoms. The second-order valence-electron chi connectivity index (χ2n) is 7.76. The molecule has 0 spiro atoms. The standard InChI is InChI=1S/C26H21FN4O2S/c1-16-22(25-29-24(30-33-25)18-7-4-3-5-8-18)23(17-11-13-19(27)14-12-17)28-26(32)31(16)20-9-6-10-21(15-20)34-2/h3-15,23H,1-2H3,(H,28,32). The van der Waals surface area contributed by atoms with Crippen LogP contribution in [0, 0.1) is 5.82 Å². The van der Waals surface area contributed by atoms with Crippen molar-refractivity contribution in [2.45, 2.75) is 17.9 Å². The molecule has 1 aliphatic rings. The molecule has 3 aromatic carbocycles. The maximum absolute atomic E-state index is 13.6. The second kappa shape index (κ2) is 9.15. The monoisotopic (exact) mass is 472 g/mol. The Hall–Kier alpha value is -3.91. The van der Waals surface area contributed by atoms with E-state index in [2.05, 4.69) is 15.5 Å². The Morgan fingerprint density at radius 1 is 1.03 bits per heavy atom. The van der Waals surface area contributed by atoms with Crippen LogP contribution in [-0.2, 0) is 0 Å². The Balaban J connectivity index is 1.66. The van der Waals surface area contributed by atoms with Crippen LogP contribution in [0.5, 0.6) is 0 Å².